The molecule has 0 radical (unpaired) electrons. The number of nitrogens with one attached hydrogen (secondary N) is 2. The lowest BCUT2D eigenvalue weighted by Gasteiger charge is -2.35. The monoisotopic (exact) mass is 268 g/mol. The van der Waals surface area contributed by atoms with Crippen molar-refractivity contribution in [2.24, 2.45) is 17.8 Å². The second-order valence-electron chi connectivity index (χ2n) is 6.38. The number of hydrogen-bond donors (Lipinski definition) is 2. The molecule has 0 saturated carbocycles. The molecule has 110 valence electrons. The molecule has 2 unspecified atom stereocenters. The summed E-state index contributed by atoms with van der Waals surface area (Å²) in [4.78, 5) is 12.3. The lowest BCUT2D eigenvalue weighted by atomic mass is 9.85. The molecule has 0 aromatic rings. The van der Waals surface area contributed by atoms with Crippen LogP contribution in [0.3, 0.4) is 0 Å². The van der Waals surface area contributed by atoms with Crippen molar-refractivity contribution in [3.8, 4) is 0 Å². The molecule has 2 aliphatic heterocycles. The first-order chi connectivity index (χ1) is 9.16. The Morgan fingerprint density at radius 2 is 2.05 bits per heavy atom. The van der Waals surface area contributed by atoms with Crippen molar-refractivity contribution >= 4 is 5.91 Å². The second-order valence-corrected chi connectivity index (χ2v) is 6.38. The second kappa shape index (κ2) is 7.25. The molecular weight excluding hydrogens is 240 g/mol. The Morgan fingerprint density at radius 3 is 2.74 bits per heavy atom. The molecule has 0 aliphatic carbocycles. The molecule has 1 amide bonds. The minimum atomic E-state index is 0.162. The van der Waals surface area contributed by atoms with Gasteiger partial charge in [-0.05, 0) is 44.1 Å². The van der Waals surface area contributed by atoms with E-state index in [9.17, 15) is 4.79 Å². The van der Waals surface area contributed by atoms with Gasteiger partial charge in [-0.25, -0.2) is 0 Å². The smallest absolute Gasteiger partial charge is 0.223 e. The van der Waals surface area contributed by atoms with Crippen LogP contribution in [0.4, 0.5) is 0 Å². The van der Waals surface area contributed by atoms with Crippen molar-refractivity contribution in [1.29, 1.82) is 0 Å². The lowest BCUT2D eigenvalue weighted by Crippen LogP contribution is -2.53. The topological polar surface area (TPSA) is 50.4 Å². The molecule has 2 aliphatic rings. The molecule has 0 bridgehead atoms. The van der Waals surface area contributed by atoms with Crippen LogP contribution < -0.4 is 10.6 Å². The maximum absolute atomic E-state index is 12.3. The van der Waals surface area contributed by atoms with Crippen molar-refractivity contribution in [2.45, 2.75) is 45.6 Å². The van der Waals surface area contributed by atoms with Crippen molar-refractivity contribution in [3.05, 3.63) is 0 Å². The third-order valence-corrected chi connectivity index (χ3v) is 4.32. The van der Waals surface area contributed by atoms with Crippen molar-refractivity contribution in [2.75, 3.05) is 26.3 Å². The summed E-state index contributed by atoms with van der Waals surface area (Å²) in [5.74, 6) is 1.73. The molecule has 2 atom stereocenters. The van der Waals surface area contributed by atoms with Gasteiger partial charge in [0, 0.05) is 31.7 Å². The fourth-order valence-corrected chi connectivity index (χ4v) is 3.23. The highest BCUT2D eigenvalue weighted by molar-refractivity contribution is 5.79. The van der Waals surface area contributed by atoms with E-state index < -0.39 is 0 Å². The van der Waals surface area contributed by atoms with E-state index in [2.05, 4.69) is 24.5 Å². The van der Waals surface area contributed by atoms with Gasteiger partial charge in [0.15, 0.2) is 0 Å². The quantitative estimate of drug-likeness (QED) is 0.813. The highest BCUT2D eigenvalue weighted by atomic mass is 16.5. The summed E-state index contributed by atoms with van der Waals surface area (Å²) in [6, 6.07) is 0.312. The summed E-state index contributed by atoms with van der Waals surface area (Å²) in [6.45, 7) is 8.00. The van der Waals surface area contributed by atoms with Gasteiger partial charge in [0.05, 0.1) is 0 Å². The van der Waals surface area contributed by atoms with E-state index in [1.54, 1.807) is 0 Å². The van der Waals surface area contributed by atoms with Crippen LogP contribution in [0.15, 0.2) is 0 Å². The van der Waals surface area contributed by atoms with Crippen molar-refractivity contribution < 1.29 is 9.53 Å². The minimum absolute atomic E-state index is 0.162. The van der Waals surface area contributed by atoms with Crippen LogP contribution >= 0.6 is 0 Å². The molecule has 2 rings (SSSR count). The van der Waals surface area contributed by atoms with E-state index in [0.29, 0.717) is 17.9 Å². The SMILES string of the molecule is CC(C)CC1CCNCC1NC(=O)C1CCOCC1. The first kappa shape index (κ1) is 14.8. The number of amides is 1. The van der Waals surface area contributed by atoms with Crippen LogP contribution in [0.5, 0.6) is 0 Å². The average Bonchev–Trinajstić information content (AvgIpc) is 2.41. The van der Waals surface area contributed by atoms with Crippen LogP contribution in [0.2, 0.25) is 0 Å². The predicted octanol–water partition coefficient (Wildman–Crippen LogP) is 1.55. The zero-order chi connectivity index (χ0) is 13.7. The molecule has 0 aromatic heterocycles. The number of carbonyl (C=O) groups excluding carboxylic acids is 1. The van der Waals surface area contributed by atoms with Gasteiger partial charge in [0.25, 0.3) is 0 Å². The van der Waals surface area contributed by atoms with E-state index in [1.165, 1.54) is 12.8 Å². The highest BCUT2D eigenvalue weighted by Crippen LogP contribution is 2.22. The molecular formula is C15H28N2O2. The van der Waals surface area contributed by atoms with E-state index >= 15 is 0 Å². The van der Waals surface area contributed by atoms with E-state index in [1.807, 2.05) is 0 Å². The third-order valence-electron chi connectivity index (χ3n) is 4.32. The molecule has 2 N–H and O–H groups in total. The Kier molecular flexibility index (Phi) is 5.64. The van der Waals surface area contributed by atoms with Crippen LogP contribution in [-0.2, 0) is 9.53 Å². The Labute approximate surface area is 116 Å². The predicted molar refractivity (Wildman–Crippen MR) is 75.9 cm³/mol. The maximum Gasteiger partial charge on any atom is 0.223 e. The molecule has 4 nitrogen and oxygen atoms in total. The number of rotatable bonds is 4. The van der Waals surface area contributed by atoms with Gasteiger partial charge in [-0.15, -0.1) is 0 Å². The zero-order valence-electron chi connectivity index (χ0n) is 12.3. The van der Waals surface area contributed by atoms with E-state index in [0.717, 1.165) is 39.1 Å². The number of carbonyl (C=O) groups is 1. The van der Waals surface area contributed by atoms with Gasteiger partial charge >= 0.3 is 0 Å². The number of hydrogen-bond acceptors (Lipinski definition) is 3. The number of ether oxygens (including phenoxy) is 1. The van der Waals surface area contributed by atoms with Gasteiger partial charge in [-0.2, -0.15) is 0 Å². The van der Waals surface area contributed by atoms with Gasteiger partial charge in [0.1, 0.15) is 0 Å². The third kappa shape index (κ3) is 4.46. The maximum atomic E-state index is 12.3. The summed E-state index contributed by atoms with van der Waals surface area (Å²) in [5, 5.41) is 6.69. The first-order valence-electron chi connectivity index (χ1n) is 7.75. The molecule has 2 heterocycles. The molecule has 2 saturated heterocycles. The minimum Gasteiger partial charge on any atom is -0.381 e. The Bertz CT molecular complexity index is 288. The fourth-order valence-electron chi connectivity index (χ4n) is 3.23. The molecule has 4 heteroatoms. The molecule has 19 heavy (non-hydrogen) atoms. The summed E-state index contributed by atoms with van der Waals surface area (Å²) < 4.78 is 5.32. The summed E-state index contributed by atoms with van der Waals surface area (Å²) in [5.41, 5.74) is 0. The average molecular weight is 268 g/mol. The Morgan fingerprint density at radius 1 is 1.32 bits per heavy atom. The van der Waals surface area contributed by atoms with E-state index in [-0.39, 0.29) is 11.8 Å². The zero-order valence-corrected chi connectivity index (χ0v) is 12.3. The van der Waals surface area contributed by atoms with Crippen LogP contribution in [0, 0.1) is 17.8 Å². The van der Waals surface area contributed by atoms with Crippen LogP contribution in [0.25, 0.3) is 0 Å². The van der Waals surface area contributed by atoms with E-state index in [4.69, 9.17) is 4.74 Å². The Balaban J connectivity index is 1.85. The van der Waals surface area contributed by atoms with Crippen LogP contribution in [-0.4, -0.2) is 38.3 Å². The molecule has 2 fully saturated rings. The summed E-state index contributed by atoms with van der Waals surface area (Å²) >= 11 is 0. The largest absolute Gasteiger partial charge is 0.381 e. The van der Waals surface area contributed by atoms with Crippen molar-refractivity contribution in [3.63, 3.8) is 0 Å². The summed E-state index contributed by atoms with van der Waals surface area (Å²) in [7, 11) is 0. The fraction of sp³-hybridized carbons (Fsp3) is 0.933. The number of piperidine rings is 1. The lowest BCUT2D eigenvalue weighted by molar-refractivity contribution is -0.129. The standard InChI is InChI=1S/C15H28N2O2/c1-11(2)9-13-3-6-16-10-14(13)17-15(18)12-4-7-19-8-5-12/h11-14,16H,3-10H2,1-2H3,(H,17,18). The van der Waals surface area contributed by atoms with Gasteiger partial charge in [-0.3, -0.25) is 4.79 Å². The van der Waals surface area contributed by atoms with Crippen LogP contribution in [0.1, 0.15) is 39.5 Å². The molecule has 0 spiro atoms. The van der Waals surface area contributed by atoms with Crippen molar-refractivity contribution in [1.82, 2.24) is 10.6 Å². The van der Waals surface area contributed by atoms with Gasteiger partial charge in [-0.1, -0.05) is 13.8 Å². The summed E-state index contributed by atoms with van der Waals surface area (Å²) in [6.07, 6.45) is 4.14. The first-order valence-corrected chi connectivity index (χ1v) is 7.75. The normalized spacial score (nSPS) is 29.4. The molecule has 0 aromatic carbocycles. The van der Waals surface area contributed by atoms with Gasteiger partial charge in [0.2, 0.25) is 5.91 Å². The Hall–Kier alpha value is -0.610. The highest BCUT2D eigenvalue weighted by Gasteiger charge is 2.29. The van der Waals surface area contributed by atoms with Gasteiger partial charge < -0.3 is 15.4 Å².